The van der Waals surface area contributed by atoms with Gasteiger partial charge in [-0.1, -0.05) is 39.0 Å². The molecule has 0 spiro atoms. The Morgan fingerprint density at radius 3 is 2.71 bits per heavy atom. The summed E-state index contributed by atoms with van der Waals surface area (Å²) in [5.41, 5.74) is 2.89. The molecule has 3 aromatic rings. The van der Waals surface area contributed by atoms with E-state index in [2.05, 4.69) is 64.6 Å². The van der Waals surface area contributed by atoms with Crippen LogP contribution in [0, 0.1) is 15.1 Å². The lowest BCUT2D eigenvalue weighted by Gasteiger charge is -2.33. The van der Waals surface area contributed by atoms with Crippen LogP contribution >= 0.6 is 49.9 Å². The first-order valence-corrected chi connectivity index (χ1v) is 12.9. The second-order valence-corrected chi connectivity index (χ2v) is 11.8. The lowest BCUT2D eigenvalue weighted by Crippen LogP contribution is -2.27. The number of anilines is 1. The number of rotatable bonds is 4. The number of nitrogens with one attached hydrogen (secondary N) is 1. The van der Waals surface area contributed by atoms with Gasteiger partial charge >= 0.3 is 0 Å². The highest BCUT2D eigenvalue weighted by atomic mass is 127. The van der Waals surface area contributed by atoms with Gasteiger partial charge in [0.1, 0.15) is 10.8 Å². The number of fused-ring (bicyclic) bond motifs is 1. The van der Waals surface area contributed by atoms with Crippen LogP contribution in [0.2, 0.25) is 0 Å². The van der Waals surface area contributed by atoms with Crippen molar-refractivity contribution in [1.29, 1.82) is 0 Å². The third-order valence-corrected chi connectivity index (χ3v) is 9.00. The average molecular weight is 611 g/mol. The topological polar surface area (TPSA) is 54.6 Å². The van der Waals surface area contributed by atoms with Crippen molar-refractivity contribution >= 4 is 72.7 Å². The molecule has 0 aliphatic heterocycles. The molecule has 1 aromatic carbocycles. The van der Waals surface area contributed by atoms with Crippen molar-refractivity contribution in [3.63, 3.8) is 0 Å². The highest BCUT2D eigenvalue weighted by Gasteiger charge is 2.33. The second-order valence-electron chi connectivity index (χ2n) is 8.84. The quantitative estimate of drug-likeness (QED) is 0.241. The first kappa shape index (κ1) is 22.7. The predicted octanol–water partition coefficient (Wildman–Crippen LogP) is 7.86. The third-order valence-electron chi connectivity index (χ3n) is 5.70. The lowest BCUT2D eigenvalue weighted by atomic mass is 9.72. The molecule has 1 atom stereocenters. The molecule has 1 aliphatic carbocycles. The molecule has 0 fully saturated rings. The van der Waals surface area contributed by atoms with E-state index in [9.17, 15) is 4.79 Å². The standard InChI is InChI=1S/C24H24BrIN2O2S/c1-24(2,3)14-9-10-17-19(11-14)31-23(27-13-16-12-18(25)21(26)30-16)20(17)22(29)28-15-7-5-4-6-8-15/h4-8,12-14H,9-11H2,1-3H3,(H,28,29)/t14-/m1/s1. The Morgan fingerprint density at radius 1 is 1.32 bits per heavy atom. The Balaban J connectivity index is 1.70. The number of furan rings is 1. The number of thiophene rings is 1. The van der Waals surface area contributed by atoms with Crippen molar-refractivity contribution in [2.24, 2.45) is 16.3 Å². The average Bonchev–Trinajstić information content (AvgIpc) is 3.25. The van der Waals surface area contributed by atoms with Gasteiger partial charge in [-0.25, -0.2) is 4.99 Å². The van der Waals surface area contributed by atoms with Gasteiger partial charge in [-0.15, -0.1) is 11.3 Å². The van der Waals surface area contributed by atoms with Crippen LogP contribution in [0.1, 0.15) is 53.8 Å². The molecule has 0 bridgehead atoms. The normalized spacial score (nSPS) is 16.5. The summed E-state index contributed by atoms with van der Waals surface area (Å²) in [5, 5.41) is 3.80. The van der Waals surface area contributed by atoms with Crippen LogP contribution in [-0.2, 0) is 12.8 Å². The van der Waals surface area contributed by atoms with Gasteiger partial charge in [-0.2, -0.15) is 0 Å². The van der Waals surface area contributed by atoms with Crippen LogP contribution in [0.15, 0.2) is 50.3 Å². The lowest BCUT2D eigenvalue weighted by molar-refractivity contribution is 0.102. The van der Waals surface area contributed by atoms with E-state index >= 15 is 0 Å². The van der Waals surface area contributed by atoms with E-state index < -0.39 is 0 Å². The molecule has 0 unspecified atom stereocenters. The molecule has 1 aliphatic rings. The molecule has 1 N–H and O–H groups in total. The van der Waals surface area contributed by atoms with Crippen molar-refractivity contribution in [2.45, 2.75) is 40.0 Å². The van der Waals surface area contributed by atoms with Crippen LogP contribution in [0.3, 0.4) is 0 Å². The summed E-state index contributed by atoms with van der Waals surface area (Å²) in [6.07, 6.45) is 4.69. The Labute approximate surface area is 208 Å². The maximum atomic E-state index is 13.3. The number of para-hydroxylation sites is 1. The second kappa shape index (κ2) is 9.19. The van der Waals surface area contributed by atoms with Crippen molar-refractivity contribution in [3.05, 3.63) is 66.4 Å². The maximum absolute atomic E-state index is 13.3. The van der Waals surface area contributed by atoms with Gasteiger partial charge in [-0.3, -0.25) is 4.79 Å². The van der Waals surface area contributed by atoms with Crippen molar-refractivity contribution in [3.8, 4) is 0 Å². The summed E-state index contributed by atoms with van der Waals surface area (Å²) in [4.78, 5) is 19.3. The molecule has 4 nitrogen and oxygen atoms in total. The summed E-state index contributed by atoms with van der Waals surface area (Å²) in [6.45, 7) is 6.90. The Morgan fingerprint density at radius 2 is 2.06 bits per heavy atom. The molecule has 7 heteroatoms. The predicted molar refractivity (Wildman–Crippen MR) is 140 cm³/mol. The van der Waals surface area contributed by atoms with Gasteiger partial charge in [0, 0.05) is 39.2 Å². The number of carbonyl (C=O) groups excluding carboxylic acids is 1. The van der Waals surface area contributed by atoms with Gasteiger partial charge in [0.25, 0.3) is 5.91 Å². The number of benzene rings is 1. The van der Waals surface area contributed by atoms with Crippen LogP contribution in [0.5, 0.6) is 0 Å². The minimum Gasteiger partial charge on any atom is -0.448 e. The highest BCUT2D eigenvalue weighted by molar-refractivity contribution is 14.1. The van der Waals surface area contributed by atoms with Crippen molar-refractivity contribution < 1.29 is 9.21 Å². The third kappa shape index (κ3) is 5.14. The van der Waals surface area contributed by atoms with E-state index in [0.29, 0.717) is 17.2 Å². The summed E-state index contributed by atoms with van der Waals surface area (Å²) in [6, 6.07) is 11.5. The zero-order chi connectivity index (χ0) is 22.2. The number of hydrogen-bond acceptors (Lipinski definition) is 4. The summed E-state index contributed by atoms with van der Waals surface area (Å²) < 4.78 is 7.37. The minimum absolute atomic E-state index is 0.0970. The molecular formula is C24H24BrIN2O2S. The molecule has 2 heterocycles. The zero-order valence-corrected chi connectivity index (χ0v) is 22.2. The fraction of sp³-hybridized carbons (Fsp3) is 0.333. The van der Waals surface area contributed by atoms with Crippen LogP contribution in [0.25, 0.3) is 0 Å². The fourth-order valence-electron chi connectivity index (χ4n) is 3.90. The van der Waals surface area contributed by atoms with Gasteiger partial charge in [0.15, 0.2) is 3.77 Å². The largest absolute Gasteiger partial charge is 0.448 e. The van der Waals surface area contributed by atoms with Gasteiger partial charge in [-0.05, 0) is 64.2 Å². The van der Waals surface area contributed by atoms with Crippen LogP contribution < -0.4 is 5.32 Å². The van der Waals surface area contributed by atoms with Gasteiger partial charge < -0.3 is 9.73 Å². The SMILES string of the molecule is CC(C)(C)[C@@H]1CCc2c(sc(N=Cc3cc(Br)c(I)o3)c2C(=O)Nc2ccccc2)C1. The Kier molecular flexibility index (Phi) is 6.74. The summed E-state index contributed by atoms with van der Waals surface area (Å²) in [5.74, 6) is 1.16. The number of halogens is 2. The van der Waals surface area contributed by atoms with Gasteiger partial charge in [0.05, 0.1) is 16.3 Å². The van der Waals surface area contributed by atoms with Crippen LogP contribution in [-0.4, -0.2) is 12.1 Å². The van der Waals surface area contributed by atoms with E-state index in [0.717, 1.165) is 43.8 Å². The number of aliphatic imine (C=N–C) groups is 1. The van der Waals surface area contributed by atoms with E-state index in [4.69, 9.17) is 9.41 Å². The molecule has 31 heavy (non-hydrogen) atoms. The number of amides is 1. The molecule has 4 rings (SSSR count). The smallest absolute Gasteiger partial charge is 0.259 e. The molecule has 162 valence electrons. The monoisotopic (exact) mass is 610 g/mol. The summed E-state index contributed by atoms with van der Waals surface area (Å²) in [7, 11) is 0. The number of hydrogen-bond donors (Lipinski definition) is 1. The molecule has 2 aromatic heterocycles. The molecule has 0 saturated carbocycles. The van der Waals surface area contributed by atoms with E-state index in [1.165, 1.54) is 4.88 Å². The Hall–Kier alpha value is -1.45. The van der Waals surface area contributed by atoms with E-state index in [1.807, 2.05) is 36.4 Å². The van der Waals surface area contributed by atoms with Crippen molar-refractivity contribution in [2.75, 3.05) is 5.32 Å². The molecule has 0 saturated heterocycles. The number of nitrogens with zero attached hydrogens (tertiary/aromatic N) is 1. The van der Waals surface area contributed by atoms with Crippen molar-refractivity contribution in [1.82, 2.24) is 0 Å². The van der Waals surface area contributed by atoms with E-state index in [1.54, 1.807) is 17.6 Å². The summed E-state index contributed by atoms with van der Waals surface area (Å²) >= 11 is 7.23. The molecule has 1 amide bonds. The molecule has 0 radical (unpaired) electrons. The highest BCUT2D eigenvalue weighted by Crippen LogP contribution is 2.45. The molecular weight excluding hydrogens is 587 g/mol. The first-order valence-electron chi connectivity index (χ1n) is 10.2. The maximum Gasteiger partial charge on any atom is 0.259 e. The Bertz CT molecular complexity index is 1110. The van der Waals surface area contributed by atoms with Crippen LogP contribution in [0.4, 0.5) is 10.7 Å². The van der Waals surface area contributed by atoms with E-state index in [-0.39, 0.29) is 11.3 Å². The number of carbonyl (C=O) groups is 1. The zero-order valence-electron chi connectivity index (χ0n) is 17.7. The van der Waals surface area contributed by atoms with Gasteiger partial charge in [0.2, 0.25) is 0 Å². The first-order chi connectivity index (χ1) is 14.7. The fourth-order valence-corrected chi connectivity index (χ4v) is 5.89. The minimum atomic E-state index is -0.0970.